The molecular weight excluding hydrogens is 763 g/mol. The molecule has 5 aromatic rings. The summed E-state index contributed by atoms with van der Waals surface area (Å²) in [5, 5.41) is 16.0. The second-order valence-corrected chi connectivity index (χ2v) is 15.0. The molecule has 0 spiro atoms. The number of nitrogens with one attached hydrogen (secondary N) is 5. The first kappa shape index (κ1) is 41.2. The molecule has 1 saturated heterocycles. The zero-order valence-electron chi connectivity index (χ0n) is 31.6. The number of likely N-dealkylation sites (tertiary alicyclic amines) is 1. The maximum absolute atomic E-state index is 13.5. The van der Waals surface area contributed by atoms with Crippen molar-refractivity contribution in [2.75, 3.05) is 31.5 Å². The van der Waals surface area contributed by atoms with Gasteiger partial charge in [0.05, 0.1) is 13.1 Å². The fourth-order valence-corrected chi connectivity index (χ4v) is 7.51. The number of carbonyl (C=O) groups excluding carboxylic acids is 4. The highest BCUT2D eigenvalue weighted by atomic mass is 35.5. The third-order valence-electron chi connectivity index (χ3n) is 9.95. The lowest BCUT2D eigenvalue weighted by Gasteiger charge is -2.23. The molecule has 14 heteroatoms. The quantitative estimate of drug-likeness (QED) is 0.0718. The molecule has 0 bridgehead atoms. The van der Waals surface area contributed by atoms with E-state index in [0.29, 0.717) is 22.3 Å². The van der Waals surface area contributed by atoms with Crippen molar-refractivity contribution in [3.8, 4) is 0 Å². The van der Waals surface area contributed by atoms with Crippen molar-refractivity contribution in [2.24, 2.45) is 5.73 Å². The smallest absolute Gasteiger partial charge is 0.319 e. The summed E-state index contributed by atoms with van der Waals surface area (Å²) in [6.07, 6.45) is 4.80. The van der Waals surface area contributed by atoms with Gasteiger partial charge in [0.15, 0.2) is 0 Å². The molecule has 5 amide bonds. The van der Waals surface area contributed by atoms with Crippen LogP contribution in [-0.2, 0) is 40.4 Å². The van der Waals surface area contributed by atoms with Crippen LogP contribution in [0.15, 0.2) is 103 Å². The van der Waals surface area contributed by atoms with E-state index in [1.54, 1.807) is 6.07 Å². The summed E-state index contributed by atoms with van der Waals surface area (Å²) >= 11 is 13.1. The average molecular weight is 812 g/mol. The highest BCUT2D eigenvalue weighted by Crippen LogP contribution is 2.31. The number of hydrogen-bond acceptors (Lipinski definition) is 6. The van der Waals surface area contributed by atoms with Crippen LogP contribution in [-0.4, -0.2) is 71.5 Å². The van der Waals surface area contributed by atoms with Gasteiger partial charge in [-0.1, -0.05) is 89.9 Å². The Balaban J connectivity index is 1.07. The number of hydrogen-bond donors (Lipinski definition) is 6. The van der Waals surface area contributed by atoms with Gasteiger partial charge >= 0.3 is 6.03 Å². The fourth-order valence-electron chi connectivity index (χ4n) is 7.00. The van der Waals surface area contributed by atoms with Crippen LogP contribution in [0.1, 0.15) is 41.5 Å². The molecule has 2 heterocycles. The molecule has 2 atom stereocenters. The van der Waals surface area contributed by atoms with E-state index in [1.807, 2.05) is 91.0 Å². The lowest BCUT2D eigenvalue weighted by molar-refractivity contribution is -0.132. The Bertz CT molecular complexity index is 2140. The van der Waals surface area contributed by atoms with Crippen LogP contribution >= 0.6 is 23.2 Å². The minimum atomic E-state index is -1.03. The number of nitrogens with zero attached hydrogens (tertiary/aromatic N) is 2. The molecule has 57 heavy (non-hydrogen) atoms. The Morgan fingerprint density at radius 3 is 2.11 bits per heavy atom. The summed E-state index contributed by atoms with van der Waals surface area (Å²) in [5.41, 5.74) is 11.0. The number of aromatic nitrogens is 1. The molecule has 0 aliphatic carbocycles. The minimum absolute atomic E-state index is 0.102. The molecule has 7 N–H and O–H groups in total. The van der Waals surface area contributed by atoms with Crippen LogP contribution in [0, 0.1) is 0 Å². The van der Waals surface area contributed by atoms with E-state index < -0.39 is 36.5 Å². The second kappa shape index (κ2) is 20.1. The third-order valence-corrected chi connectivity index (χ3v) is 10.7. The minimum Gasteiger partial charge on any atom is -0.350 e. The van der Waals surface area contributed by atoms with Crippen molar-refractivity contribution in [3.05, 3.63) is 136 Å². The molecule has 12 nitrogen and oxygen atoms in total. The molecule has 1 fully saturated rings. The Kier molecular flexibility index (Phi) is 14.6. The van der Waals surface area contributed by atoms with Crippen LogP contribution in [0.5, 0.6) is 0 Å². The number of carbonyl (C=O) groups is 4. The van der Waals surface area contributed by atoms with Crippen molar-refractivity contribution < 1.29 is 19.2 Å². The first-order valence-corrected chi connectivity index (χ1v) is 19.9. The van der Waals surface area contributed by atoms with Gasteiger partial charge in [-0.3, -0.25) is 19.3 Å². The summed E-state index contributed by atoms with van der Waals surface area (Å²) in [7, 11) is 0. The third kappa shape index (κ3) is 11.6. The maximum Gasteiger partial charge on any atom is 0.319 e. The Hall–Kier alpha value is -5.40. The summed E-state index contributed by atoms with van der Waals surface area (Å²) in [5.74, 6) is -1.52. The number of urea groups is 1. The lowest BCUT2D eigenvalue weighted by Crippen LogP contribution is -2.55. The number of halogens is 2. The van der Waals surface area contributed by atoms with Crippen LogP contribution in [0.25, 0.3) is 10.9 Å². The van der Waals surface area contributed by atoms with Gasteiger partial charge in [0.2, 0.25) is 17.7 Å². The molecule has 6 rings (SSSR count). The number of amides is 5. The Labute approximate surface area is 342 Å². The van der Waals surface area contributed by atoms with Gasteiger partial charge in [-0.15, -0.1) is 0 Å². The van der Waals surface area contributed by atoms with Gasteiger partial charge < -0.3 is 36.9 Å². The predicted octanol–water partition coefficient (Wildman–Crippen LogP) is 5.59. The molecule has 1 aliphatic heterocycles. The van der Waals surface area contributed by atoms with Gasteiger partial charge in [0, 0.05) is 57.9 Å². The maximum atomic E-state index is 13.5. The summed E-state index contributed by atoms with van der Waals surface area (Å²) in [6.45, 7) is 3.29. The van der Waals surface area contributed by atoms with Gasteiger partial charge in [-0.2, -0.15) is 0 Å². The highest BCUT2D eigenvalue weighted by molar-refractivity contribution is 6.36. The van der Waals surface area contributed by atoms with E-state index in [-0.39, 0.29) is 31.8 Å². The Morgan fingerprint density at radius 2 is 1.42 bits per heavy atom. The molecular formula is C43H48Cl2N8O4. The average Bonchev–Trinajstić information content (AvgIpc) is 3.85. The van der Waals surface area contributed by atoms with Gasteiger partial charge in [-0.05, 0) is 85.9 Å². The van der Waals surface area contributed by atoms with E-state index >= 15 is 0 Å². The van der Waals surface area contributed by atoms with Crippen molar-refractivity contribution in [1.29, 1.82) is 0 Å². The molecule has 0 radical (unpaired) electrons. The molecule has 298 valence electrons. The Morgan fingerprint density at radius 1 is 0.737 bits per heavy atom. The van der Waals surface area contributed by atoms with Gasteiger partial charge in [0.25, 0.3) is 0 Å². The van der Waals surface area contributed by atoms with Crippen molar-refractivity contribution in [3.63, 3.8) is 0 Å². The first-order chi connectivity index (χ1) is 27.7. The monoisotopic (exact) mass is 810 g/mol. The van der Waals surface area contributed by atoms with Crippen molar-refractivity contribution >= 4 is 63.5 Å². The molecule has 0 unspecified atom stereocenters. The van der Waals surface area contributed by atoms with E-state index in [9.17, 15) is 19.2 Å². The number of benzene rings is 4. The fraction of sp³-hybridized carbons (Fsp3) is 0.302. The molecule has 1 aliphatic rings. The molecule has 4 aromatic carbocycles. The topological polar surface area (TPSA) is 163 Å². The van der Waals surface area contributed by atoms with Gasteiger partial charge in [0.1, 0.15) is 12.1 Å². The van der Waals surface area contributed by atoms with Crippen LogP contribution in [0.2, 0.25) is 10.0 Å². The van der Waals surface area contributed by atoms with E-state index in [0.717, 1.165) is 65.6 Å². The largest absolute Gasteiger partial charge is 0.350 e. The number of nitrogens with two attached hydrogens (primary N) is 1. The number of fused-ring (bicyclic) bond motifs is 1. The van der Waals surface area contributed by atoms with E-state index in [2.05, 4.69) is 42.2 Å². The van der Waals surface area contributed by atoms with E-state index in [1.165, 1.54) is 0 Å². The number of rotatable bonds is 17. The zero-order chi connectivity index (χ0) is 40.1. The summed E-state index contributed by atoms with van der Waals surface area (Å²) in [4.78, 5) is 55.4. The van der Waals surface area contributed by atoms with Crippen LogP contribution in [0.4, 0.5) is 10.5 Å². The highest BCUT2D eigenvalue weighted by Gasteiger charge is 2.27. The first-order valence-electron chi connectivity index (χ1n) is 19.1. The van der Waals surface area contributed by atoms with Crippen LogP contribution < -0.4 is 32.3 Å². The predicted molar refractivity (Wildman–Crippen MR) is 225 cm³/mol. The summed E-state index contributed by atoms with van der Waals surface area (Å²) < 4.78 is 2.12. The van der Waals surface area contributed by atoms with Crippen LogP contribution in [0.3, 0.4) is 0 Å². The van der Waals surface area contributed by atoms with Crippen molar-refractivity contribution in [2.45, 2.75) is 57.4 Å². The van der Waals surface area contributed by atoms with Gasteiger partial charge in [-0.25, -0.2) is 4.79 Å². The lowest BCUT2D eigenvalue weighted by atomic mass is 10.0. The normalized spacial score (nSPS) is 13.8. The van der Waals surface area contributed by atoms with E-state index in [4.69, 9.17) is 28.9 Å². The summed E-state index contributed by atoms with van der Waals surface area (Å²) in [6, 6.07) is 27.4. The second-order valence-electron chi connectivity index (χ2n) is 14.2. The SMILES string of the molecule is NCC[C@H](NC(=O)CNC(=O)Nc1ccc2c(c1)c(CN1CCCC1)cn2Cc1c(Cl)cccc1Cl)C(=O)N[C@@H](Cc1ccccc1)C(=O)NCc1ccccc1. The zero-order valence-corrected chi connectivity index (χ0v) is 33.1. The molecule has 0 saturated carbocycles. The molecule has 1 aromatic heterocycles. The standard InChI is InChI=1S/C43H48Cl2N8O4/c44-35-14-9-15-36(45)34(35)28-53-27-31(26-52-20-7-8-21-52)33-23-32(16-17-39(33)53)49-43(57)48-25-40(54)50-37(18-19-46)42(56)51-38(22-29-10-3-1-4-11-29)41(55)47-24-30-12-5-2-6-13-30/h1-6,9-17,23,27,37-38H,7-8,18-22,24-26,28,46H2,(H,47,55)(H,50,54)(H,51,56)(H2,48,49,57)/t37-,38-/m0/s1. The van der Waals surface area contributed by atoms with Crippen molar-refractivity contribution in [1.82, 2.24) is 30.7 Å². The number of anilines is 1.